The van der Waals surface area contributed by atoms with Crippen LogP contribution < -0.4 is 25.0 Å². The number of hydrogen-bond donors (Lipinski definition) is 2. The Morgan fingerprint density at radius 3 is 2.48 bits per heavy atom. The average molecular weight is 359 g/mol. The monoisotopic (exact) mass is 359 g/mol. The smallest absolute Gasteiger partial charge is 0.191 e. The summed E-state index contributed by atoms with van der Waals surface area (Å²) in [5, 5.41) is 7.55. The zero-order valence-electron chi connectivity index (χ0n) is 14.4. The van der Waals surface area contributed by atoms with Gasteiger partial charge in [0.05, 0.1) is 27.0 Å². The lowest BCUT2D eigenvalue weighted by atomic mass is 10.2. The van der Waals surface area contributed by atoms with Crippen molar-refractivity contribution in [3.63, 3.8) is 0 Å². The molecule has 0 amide bonds. The van der Waals surface area contributed by atoms with E-state index in [1.165, 1.54) is 0 Å². The maximum absolute atomic E-state index is 5.48. The van der Waals surface area contributed by atoms with Gasteiger partial charge < -0.3 is 19.5 Å². The molecule has 0 bridgehead atoms. The van der Waals surface area contributed by atoms with E-state index in [9.17, 15) is 0 Å². The van der Waals surface area contributed by atoms with Gasteiger partial charge in [0.15, 0.2) is 16.6 Å². The number of thiocarbonyl (C=S) groups is 1. The number of anilines is 1. The van der Waals surface area contributed by atoms with E-state index in [-0.39, 0.29) is 0 Å². The van der Waals surface area contributed by atoms with Crippen molar-refractivity contribution in [3.8, 4) is 17.2 Å². The first kappa shape index (κ1) is 18.5. The topological polar surface area (TPSA) is 64.1 Å². The third-order valence-electron chi connectivity index (χ3n) is 3.22. The molecular formula is C18H21N3O3S. The van der Waals surface area contributed by atoms with Gasteiger partial charge in [0.2, 0.25) is 0 Å². The van der Waals surface area contributed by atoms with Crippen LogP contribution in [0.3, 0.4) is 0 Å². The number of benzene rings is 2. The molecule has 0 aliphatic heterocycles. The number of rotatable bonds is 7. The van der Waals surface area contributed by atoms with Crippen LogP contribution in [0.2, 0.25) is 0 Å². The molecular weight excluding hydrogens is 338 g/mol. The Morgan fingerprint density at radius 1 is 1.08 bits per heavy atom. The Balaban J connectivity index is 1.92. The minimum Gasteiger partial charge on any atom is -0.497 e. The highest BCUT2D eigenvalue weighted by atomic mass is 32.1. The molecule has 132 valence electrons. The zero-order chi connectivity index (χ0) is 18.1. The molecule has 0 spiro atoms. The Bertz CT molecular complexity index is 733. The molecule has 0 saturated heterocycles. The number of nitrogens with zero attached hydrogens (tertiary/aromatic N) is 1. The zero-order valence-corrected chi connectivity index (χ0v) is 15.2. The highest BCUT2D eigenvalue weighted by Crippen LogP contribution is 2.27. The van der Waals surface area contributed by atoms with Crippen LogP contribution in [-0.4, -0.2) is 32.2 Å². The Hall–Kier alpha value is -2.80. The van der Waals surface area contributed by atoms with E-state index < -0.39 is 0 Å². The standard InChI is InChI=1S/C18H21N3O3S/c1-4-24-16-10-5-13(11-17(16)23-3)12-19-21-18(25)20-14-6-8-15(22-2)9-7-14/h5-12H,4H2,1-3H3,(H2,20,21,25)/b19-12-. The van der Waals surface area contributed by atoms with Crippen molar-refractivity contribution in [3.05, 3.63) is 48.0 Å². The SMILES string of the molecule is CCOc1ccc(/C=N\NC(=S)Nc2ccc(OC)cc2)cc1OC. The van der Waals surface area contributed by atoms with Crippen LogP contribution in [0.15, 0.2) is 47.6 Å². The third kappa shape index (κ3) is 5.65. The summed E-state index contributed by atoms with van der Waals surface area (Å²) in [6, 6.07) is 13.0. The summed E-state index contributed by atoms with van der Waals surface area (Å²) >= 11 is 5.20. The van der Waals surface area contributed by atoms with Crippen molar-refractivity contribution in [2.24, 2.45) is 5.10 Å². The fraction of sp³-hybridized carbons (Fsp3) is 0.222. The van der Waals surface area contributed by atoms with Crippen LogP contribution >= 0.6 is 12.2 Å². The maximum Gasteiger partial charge on any atom is 0.191 e. The molecule has 0 atom stereocenters. The third-order valence-corrected chi connectivity index (χ3v) is 3.41. The Kier molecular flexibility index (Phi) is 7.03. The summed E-state index contributed by atoms with van der Waals surface area (Å²) < 4.78 is 15.9. The molecule has 6 nitrogen and oxygen atoms in total. The van der Waals surface area contributed by atoms with Crippen molar-refractivity contribution < 1.29 is 14.2 Å². The maximum atomic E-state index is 5.48. The average Bonchev–Trinajstić information content (AvgIpc) is 2.63. The summed E-state index contributed by atoms with van der Waals surface area (Å²) in [4.78, 5) is 0. The molecule has 7 heteroatoms. The predicted octanol–water partition coefficient (Wildman–Crippen LogP) is 3.42. The fourth-order valence-electron chi connectivity index (χ4n) is 2.04. The van der Waals surface area contributed by atoms with Gasteiger partial charge in [-0.1, -0.05) is 0 Å². The van der Waals surface area contributed by atoms with Crippen LogP contribution in [0.1, 0.15) is 12.5 Å². The first-order chi connectivity index (χ1) is 12.2. The predicted molar refractivity (Wildman–Crippen MR) is 104 cm³/mol. The number of methoxy groups -OCH3 is 2. The second kappa shape index (κ2) is 9.48. The minimum absolute atomic E-state index is 0.388. The second-order valence-corrected chi connectivity index (χ2v) is 5.30. The van der Waals surface area contributed by atoms with Gasteiger partial charge in [-0.05, 0) is 67.2 Å². The molecule has 2 aromatic carbocycles. The Morgan fingerprint density at radius 2 is 1.84 bits per heavy atom. The van der Waals surface area contributed by atoms with Crippen LogP contribution in [0.4, 0.5) is 5.69 Å². The van der Waals surface area contributed by atoms with E-state index in [1.54, 1.807) is 20.4 Å². The van der Waals surface area contributed by atoms with Gasteiger partial charge >= 0.3 is 0 Å². The highest BCUT2D eigenvalue weighted by Gasteiger charge is 2.04. The van der Waals surface area contributed by atoms with E-state index in [2.05, 4.69) is 15.8 Å². The lowest BCUT2D eigenvalue weighted by Crippen LogP contribution is -2.23. The normalized spacial score (nSPS) is 10.4. The quantitative estimate of drug-likeness (QED) is 0.449. The highest BCUT2D eigenvalue weighted by molar-refractivity contribution is 7.80. The summed E-state index contributed by atoms with van der Waals surface area (Å²) in [5.41, 5.74) is 4.48. The van der Waals surface area contributed by atoms with Gasteiger partial charge in [0.25, 0.3) is 0 Å². The molecule has 0 heterocycles. The Labute approximate surface area is 152 Å². The van der Waals surface area contributed by atoms with Gasteiger partial charge in [-0.2, -0.15) is 5.10 Å². The molecule has 0 fully saturated rings. The number of nitrogens with one attached hydrogen (secondary N) is 2. The summed E-state index contributed by atoms with van der Waals surface area (Å²) in [7, 11) is 3.23. The van der Waals surface area contributed by atoms with E-state index in [4.69, 9.17) is 26.4 Å². The summed E-state index contributed by atoms with van der Waals surface area (Å²) in [6.45, 7) is 2.51. The van der Waals surface area contributed by atoms with Crippen molar-refractivity contribution >= 4 is 29.2 Å². The van der Waals surface area contributed by atoms with Crippen molar-refractivity contribution in [2.45, 2.75) is 6.92 Å². The van der Waals surface area contributed by atoms with Gasteiger partial charge in [0, 0.05) is 5.69 Å². The molecule has 25 heavy (non-hydrogen) atoms. The van der Waals surface area contributed by atoms with Gasteiger partial charge in [-0.15, -0.1) is 0 Å². The fourth-order valence-corrected chi connectivity index (χ4v) is 2.21. The molecule has 2 aromatic rings. The van der Waals surface area contributed by atoms with Crippen LogP contribution in [0, 0.1) is 0 Å². The van der Waals surface area contributed by atoms with E-state index in [0.717, 1.165) is 17.0 Å². The number of ether oxygens (including phenoxy) is 3. The van der Waals surface area contributed by atoms with Crippen molar-refractivity contribution in [1.82, 2.24) is 5.43 Å². The van der Waals surface area contributed by atoms with Crippen molar-refractivity contribution in [1.29, 1.82) is 0 Å². The molecule has 2 N–H and O–H groups in total. The van der Waals surface area contributed by atoms with Crippen LogP contribution in [0.5, 0.6) is 17.2 Å². The van der Waals surface area contributed by atoms with E-state index in [0.29, 0.717) is 23.2 Å². The van der Waals surface area contributed by atoms with Crippen molar-refractivity contribution in [2.75, 3.05) is 26.1 Å². The number of hydrazone groups is 1. The summed E-state index contributed by atoms with van der Waals surface area (Å²) in [5.74, 6) is 2.14. The molecule has 0 aliphatic carbocycles. The first-order valence-corrected chi connectivity index (χ1v) is 8.12. The van der Waals surface area contributed by atoms with Crippen LogP contribution in [-0.2, 0) is 0 Å². The largest absolute Gasteiger partial charge is 0.497 e. The van der Waals surface area contributed by atoms with Gasteiger partial charge in [0.1, 0.15) is 5.75 Å². The lowest BCUT2D eigenvalue weighted by Gasteiger charge is -2.09. The second-order valence-electron chi connectivity index (χ2n) is 4.90. The first-order valence-electron chi connectivity index (χ1n) is 7.71. The lowest BCUT2D eigenvalue weighted by molar-refractivity contribution is 0.311. The van der Waals surface area contributed by atoms with Gasteiger partial charge in [-0.3, -0.25) is 5.43 Å². The number of hydrogen-bond acceptors (Lipinski definition) is 5. The van der Waals surface area contributed by atoms with Gasteiger partial charge in [-0.25, -0.2) is 0 Å². The van der Waals surface area contributed by atoms with E-state index >= 15 is 0 Å². The van der Waals surface area contributed by atoms with Crippen LogP contribution in [0.25, 0.3) is 0 Å². The summed E-state index contributed by atoms with van der Waals surface area (Å²) in [6.07, 6.45) is 1.65. The minimum atomic E-state index is 0.388. The molecule has 2 rings (SSSR count). The molecule has 0 saturated carbocycles. The molecule has 0 unspecified atom stereocenters. The molecule has 0 radical (unpaired) electrons. The van der Waals surface area contributed by atoms with E-state index in [1.807, 2.05) is 49.4 Å². The molecule has 0 aliphatic rings. The molecule has 0 aromatic heterocycles.